The van der Waals surface area contributed by atoms with E-state index in [2.05, 4.69) is 27.8 Å². The quantitative estimate of drug-likeness (QED) is 0.700. The lowest BCUT2D eigenvalue weighted by molar-refractivity contribution is 0.102. The molecule has 0 atom stereocenters. The molecule has 0 saturated carbocycles. The average Bonchev–Trinajstić information content (AvgIpc) is 2.65. The number of anilines is 2. The molecular weight excluding hydrogens is 322 g/mol. The molecule has 0 saturated heterocycles. The second kappa shape index (κ2) is 8.65. The van der Waals surface area contributed by atoms with Crippen LogP contribution in [0, 0.1) is 13.8 Å². The third-order valence-corrected chi connectivity index (χ3v) is 4.79. The zero-order valence-corrected chi connectivity index (χ0v) is 15.6. The van der Waals surface area contributed by atoms with Crippen LogP contribution in [-0.4, -0.2) is 17.4 Å². The third kappa shape index (κ3) is 4.94. The number of nitrogens with zero attached hydrogens (tertiary/aromatic N) is 1. The largest absolute Gasteiger partial charge is 0.383 e. The number of aryl methyl sites for hydroxylation is 2. The predicted molar refractivity (Wildman–Crippen MR) is 108 cm³/mol. The van der Waals surface area contributed by atoms with E-state index < -0.39 is 0 Å². The Balaban J connectivity index is 1.59. The number of allylic oxidation sites excluding steroid dienone is 1. The molecule has 136 valence electrons. The van der Waals surface area contributed by atoms with Gasteiger partial charge in [-0.15, -0.1) is 0 Å². The Hall–Kier alpha value is -2.62. The number of benzene rings is 1. The molecule has 26 heavy (non-hydrogen) atoms. The van der Waals surface area contributed by atoms with Crippen LogP contribution in [0.3, 0.4) is 0 Å². The van der Waals surface area contributed by atoms with Crippen molar-refractivity contribution >= 4 is 17.3 Å². The molecule has 0 aliphatic heterocycles. The molecule has 1 aliphatic carbocycles. The number of aromatic nitrogens is 1. The maximum atomic E-state index is 12.5. The molecule has 0 bridgehead atoms. The monoisotopic (exact) mass is 349 g/mol. The van der Waals surface area contributed by atoms with Gasteiger partial charge in [-0.3, -0.25) is 9.78 Å². The van der Waals surface area contributed by atoms with E-state index in [9.17, 15) is 4.79 Å². The number of nitrogens with one attached hydrogen (secondary N) is 2. The highest BCUT2D eigenvalue weighted by atomic mass is 16.1. The topological polar surface area (TPSA) is 54.0 Å². The number of rotatable bonds is 6. The Labute approximate surface area is 155 Å². The van der Waals surface area contributed by atoms with Crippen LogP contribution in [0.4, 0.5) is 11.4 Å². The Morgan fingerprint density at radius 2 is 2.04 bits per heavy atom. The predicted octanol–water partition coefficient (Wildman–Crippen LogP) is 5.25. The summed E-state index contributed by atoms with van der Waals surface area (Å²) in [6, 6.07) is 7.86. The van der Waals surface area contributed by atoms with Gasteiger partial charge < -0.3 is 10.6 Å². The molecule has 0 fully saturated rings. The van der Waals surface area contributed by atoms with Crippen LogP contribution in [0.1, 0.15) is 53.6 Å². The van der Waals surface area contributed by atoms with Crippen LogP contribution in [0.25, 0.3) is 0 Å². The Morgan fingerprint density at radius 3 is 2.81 bits per heavy atom. The molecule has 1 heterocycles. The summed E-state index contributed by atoms with van der Waals surface area (Å²) in [5, 5.41) is 6.36. The van der Waals surface area contributed by atoms with E-state index >= 15 is 0 Å². The van der Waals surface area contributed by atoms with E-state index in [0.717, 1.165) is 29.9 Å². The van der Waals surface area contributed by atoms with E-state index in [0.29, 0.717) is 5.56 Å². The lowest BCUT2D eigenvalue weighted by Gasteiger charge is -2.14. The van der Waals surface area contributed by atoms with E-state index in [1.807, 2.05) is 32.0 Å². The Bertz CT molecular complexity index is 811. The molecule has 0 unspecified atom stereocenters. The fourth-order valence-corrected chi connectivity index (χ4v) is 3.31. The lowest BCUT2D eigenvalue weighted by Crippen LogP contribution is -2.14. The molecule has 1 aromatic carbocycles. The molecule has 4 heteroatoms. The van der Waals surface area contributed by atoms with Crippen molar-refractivity contribution in [2.75, 3.05) is 17.2 Å². The highest BCUT2D eigenvalue weighted by Crippen LogP contribution is 2.21. The molecule has 2 aromatic rings. The SMILES string of the molecule is Cc1ccc(NC(=O)c2cncc(NCCC3=CCCCC3)c2)c(C)c1. The summed E-state index contributed by atoms with van der Waals surface area (Å²) in [6.45, 7) is 4.91. The number of carbonyl (C=O) groups excluding carboxylic acids is 1. The van der Waals surface area contributed by atoms with Crippen molar-refractivity contribution in [2.45, 2.75) is 46.0 Å². The minimum atomic E-state index is -0.136. The molecular formula is C22H27N3O. The van der Waals surface area contributed by atoms with Crippen molar-refractivity contribution < 1.29 is 4.79 Å². The summed E-state index contributed by atoms with van der Waals surface area (Å²) in [5.74, 6) is -0.136. The third-order valence-electron chi connectivity index (χ3n) is 4.79. The summed E-state index contributed by atoms with van der Waals surface area (Å²) in [5.41, 5.74) is 6.06. The summed E-state index contributed by atoms with van der Waals surface area (Å²) >= 11 is 0. The van der Waals surface area contributed by atoms with Crippen LogP contribution in [0.2, 0.25) is 0 Å². The van der Waals surface area contributed by atoms with E-state index in [1.54, 1.807) is 18.0 Å². The summed E-state index contributed by atoms with van der Waals surface area (Å²) < 4.78 is 0. The number of hydrogen-bond donors (Lipinski definition) is 2. The first kappa shape index (κ1) is 18.2. The van der Waals surface area contributed by atoms with E-state index in [1.165, 1.54) is 31.2 Å². The van der Waals surface area contributed by atoms with Crippen molar-refractivity contribution in [2.24, 2.45) is 0 Å². The standard InChI is InChI=1S/C22H27N3O/c1-16-8-9-21(17(2)12-16)25-22(26)19-13-20(15-23-14-19)24-11-10-18-6-4-3-5-7-18/h6,8-9,12-15,24H,3-5,7,10-11H2,1-2H3,(H,25,26). The van der Waals surface area contributed by atoms with Gasteiger partial charge in [0.25, 0.3) is 5.91 Å². The first-order chi connectivity index (χ1) is 12.6. The van der Waals surface area contributed by atoms with Crippen LogP contribution in [-0.2, 0) is 0 Å². The maximum Gasteiger partial charge on any atom is 0.257 e. The Morgan fingerprint density at radius 1 is 1.15 bits per heavy atom. The minimum absolute atomic E-state index is 0.136. The lowest BCUT2D eigenvalue weighted by atomic mass is 9.97. The van der Waals surface area contributed by atoms with Crippen molar-refractivity contribution in [1.29, 1.82) is 0 Å². The zero-order valence-electron chi connectivity index (χ0n) is 15.6. The molecule has 1 amide bonds. The first-order valence-corrected chi connectivity index (χ1v) is 9.37. The highest BCUT2D eigenvalue weighted by molar-refractivity contribution is 6.04. The Kier molecular flexibility index (Phi) is 6.05. The number of hydrogen-bond acceptors (Lipinski definition) is 3. The zero-order chi connectivity index (χ0) is 18.4. The van der Waals surface area contributed by atoms with Crippen molar-refractivity contribution in [3.05, 3.63) is 65.0 Å². The summed E-state index contributed by atoms with van der Waals surface area (Å²) in [4.78, 5) is 16.7. The summed E-state index contributed by atoms with van der Waals surface area (Å²) in [6.07, 6.45) is 11.9. The van der Waals surface area contributed by atoms with Gasteiger partial charge in [-0.1, -0.05) is 29.3 Å². The van der Waals surface area contributed by atoms with Gasteiger partial charge in [0, 0.05) is 24.6 Å². The van der Waals surface area contributed by atoms with Crippen molar-refractivity contribution in [1.82, 2.24) is 4.98 Å². The molecule has 4 nitrogen and oxygen atoms in total. The van der Waals surface area contributed by atoms with Gasteiger partial charge in [-0.05, 0) is 63.6 Å². The first-order valence-electron chi connectivity index (χ1n) is 9.37. The van der Waals surface area contributed by atoms with Crippen molar-refractivity contribution in [3.63, 3.8) is 0 Å². The second-order valence-corrected chi connectivity index (χ2v) is 7.02. The van der Waals surface area contributed by atoms with Crippen LogP contribution >= 0.6 is 0 Å². The van der Waals surface area contributed by atoms with Crippen molar-refractivity contribution in [3.8, 4) is 0 Å². The normalized spacial score (nSPS) is 13.8. The van der Waals surface area contributed by atoms with Gasteiger partial charge in [0.2, 0.25) is 0 Å². The smallest absolute Gasteiger partial charge is 0.257 e. The van der Waals surface area contributed by atoms with E-state index in [-0.39, 0.29) is 5.91 Å². The average molecular weight is 349 g/mol. The van der Waals surface area contributed by atoms with Crippen LogP contribution in [0.15, 0.2) is 48.3 Å². The van der Waals surface area contributed by atoms with Gasteiger partial charge in [0.05, 0.1) is 11.3 Å². The van der Waals surface area contributed by atoms with Gasteiger partial charge in [-0.25, -0.2) is 0 Å². The fraction of sp³-hybridized carbons (Fsp3) is 0.364. The van der Waals surface area contributed by atoms with Gasteiger partial charge in [0.15, 0.2) is 0 Å². The minimum Gasteiger partial charge on any atom is -0.383 e. The molecule has 2 N–H and O–H groups in total. The maximum absolute atomic E-state index is 12.5. The van der Waals surface area contributed by atoms with Crippen LogP contribution in [0.5, 0.6) is 0 Å². The van der Waals surface area contributed by atoms with Gasteiger partial charge in [-0.2, -0.15) is 0 Å². The number of carbonyl (C=O) groups is 1. The van der Waals surface area contributed by atoms with Gasteiger partial charge in [0.1, 0.15) is 0 Å². The summed E-state index contributed by atoms with van der Waals surface area (Å²) in [7, 11) is 0. The fourth-order valence-electron chi connectivity index (χ4n) is 3.31. The molecule has 1 aliphatic rings. The van der Waals surface area contributed by atoms with E-state index in [4.69, 9.17) is 0 Å². The van der Waals surface area contributed by atoms with Crippen LogP contribution < -0.4 is 10.6 Å². The van der Waals surface area contributed by atoms with Gasteiger partial charge >= 0.3 is 0 Å². The number of pyridine rings is 1. The number of amides is 1. The molecule has 3 rings (SSSR count). The molecule has 0 spiro atoms. The second-order valence-electron chi connectivity index (χ2n) is 7.02. The molecule has 1 aromatic heterocycles. The molecule has 0 radical (unpaired) electrons. The highest BCUT2D eigenvalue weighted by Gasteiger charge is 2.09.